The zero-order chi connectivity index (χ0) is 18.9. The monoisotopic (exact) mass is 364 g/mol. The highest BCUT2D eigenvalue weighted by Gasteiger charge is 2.48. The molecule has 0 aromatic heterocycles. The number of cyclic esters (lactones) is 1. The first-order chi connectivity index (χ1) is 11.6. The van der Waals surface area contributed by atoms with Crippen LogP contribution in [0.1, 0.15) is 6.92 Å². The van der Waals surface area contributed by atoms with Gasteiger partial charge in [-0.3, -0.25) is 0 Å². The molecular formula is C14H20O11. The third kappa shape index (κ3) is 3.37. The van der Waals surface area contributed by atoms with Crippen LogP contribution in [0.25, 0.3) is 0 Å². The summed E-state index contributed by atoms with van der Waals surface area (Å²) < 4.78 is 14.8. The lowest BCUT2D eigenvalue weighted by Gasteiger charge is -2.39. The van der Waals surface area contributed by atoms with E-state index in [2.05, 4.69) is 4.74 Å². The van der Waals surface area contributed by atoms with Crippen molar-refractivity contribution in [1.82, 2.24) is 0 Å². The summed E-state index contributed by atoms with van der Waals surface area (Å²) >= 11 is 0. The van der Waals surface area contributed by atoms with Gasteiger partial charge in [-0.15, -0.1) is 0 Å². The van der Waals surface area contributed by atoms with Crippen LogP contribution in [0.5, 0.6) is 0 Å². The van der Waals surface area contributed by atoms with E-state index in [0.29, 0.717) is 0 Å². The zero-order valence-corrected chi connectivity index (χ0v) is 13.2. The molecule has 2 aliphatic heterocycles. The second kappa shape index (κ2) is 7.06. The highest BCUT2D eigenvalue weighted by molar-refractivity contribution is 5.89. The molecule has 0 aliphatic carbocycles. The van der Waals surface area contributed by atoms with Gasteiger partial charge in [0.15, 0.2) is 35.1 Å². The number of ether oxygens (including phenoxy) is 3. The molecule has 2 rings (SSSR count). The number of carbonyl (C=O) groups excluding carboxylic acids is 1. The maximum Gasteiger partial charge on any atom is 0.378 e. The molecule has 0 fully saturated rings. The van der Waals surface area contributed by atoms with E-state index in [0.717, 1.165) is 6.92 Å². The van der Waals surface area contributed by atoms with E-state index in [9.17, 15) is 30.3 Å². The van der Waals surface area contributed by atoms with Gasteiger partial charge < -0.3 is 50.0 Å². The van der Waals surface area contributed by atoms with Crippen LogP contribution in [-0.2, 0) is 19.0 Å². The number of hydrogen-bond acceptors (Lipinski definition) is 11. The second-order valence-corrected chi connectivity index (χ2v) is 5.78. The first kappa shape index (κ1) is 19.3. The van der Waals surface area contributed by atoms with Crippen molar-refractivity contribution in [2.75, 3.05) is 19.8 Å². The smallest absolute Gasteiger partial charge is 0.378 e. The standard InChI is InChI=1S/C14H20O11/c1-14(22)11(19)6(3-16)24-7(12(14)20)4-23-10-8(18)9(5(17)2-15)25-13(10)21/h5-6,9,11,15-20,22H,2-4H2,1H3/t5?,6?,9?,11-,14?/m1/s1. The fraction of sp³-hybridized carbons (Fsp3) is 0.643. The summed E-state index contributed by atoms with van der Waals surface area (Å²) in [6, 6.07) is 0. The van der Waals surface area contributed by atoms with Crippen molar-refractivity contribution in [3.63, 3.8) is 0 Å². The fourth-order valence-corrected chi connectivity index (χ4v) is 2.41. The van der Waals surface area contributed by atoms with Crippen molar-refractivity contribution in [2.24, 2.45) is 0 Å². The minimum atomic E-state index is -2.13. The van der Waals surface area contributed by atoms with Crippen LogP contribution in [0, 0.1) is 0 Å². The number of carbonyl (C=O) groups is 1. The molecule has 2 aliphatic rings. The summed E-state index contributed by atoms with van der Waals surface area (Å²) in [7, 11) is 0. The normalized spacial score (nSPS) is 34.0. The molecule has 0 bridgehead atoms. The minimum absolute atomic E-state index is 0.381. The van der Waals surface area contributed by atoms with Crippen LogP contribution in [0.15, 0.2) is 23.0 Å². The molecule has 142 valence electrons. The second-order valence-electron chi connectivity index (χ2n) is 5.78. The van der Waals surface area contributed by atoms with Gasteiger partial charge in [-0.05, 0) is 6.92 Å². The molecule has 11 nitrogen and oxygen atoms in total. The zero-order valence-electron chi connectivity index (χ0n) is 13.2. The van der Waals surface area contributed by atoms with E-state index in [1.54, 1.807) is 0 Å². The molecular weight excluding hydrogens is 344 g/mol. The van der Waals surface area contributed by atoms with Gasteiger partial charge in [0.1, 0.15) is 18.8 Å². The minimum Gasteiger partial charge on any atom is -0.506 e. The predicted octanol–water partition coefficient (Wildman–Crippen LogP) is -2.68. The number of esters is 1. The lowest BCUT2D eigenvalue weighted by atomic mass is 9.89. The van der Waals surface area contributed by atoms with Gasteiger partial charge in [0.2, 0.25) is 5.76 Å². The fourth-order valence-electron chi connectivity index (χ4n) is 2.41. The Morgan fingerprint density at radius 1 is 1.28 bits per heavy atom. The summed E-state index contributed by atoms with van der Waals surface area (Å²) in [6.07, 6.45) is -5.93. The molecule has 0 spiro atoms. The van der Waals surface area contributed by atoms with Crippen molar-refractivity contribution < 1.29 is 54.8 Å². The molecule has 2 heterocycles. The topological polar surface area (TPSA) is 186 Å². The molecule has 7 N–H and O–H groups in total. The van der Waals surface area contributed by atoms with Crippen LogP contribution in [0.2, 0.25) is 0 Å². The van der Waals surface area contributed by atoms with Gasteiger partial charge in [-0.25, -0.2) is 4.79 Å². The Morgan fingerprint density at radius 2 is 1.92 bits per heavy atom. The molecule has 0 aromatic carbocycles. The van der Waals surface area contributed by atoms with E-state index in [-0.39, 0.29) is 5.76 Å². The maximum atomic E-state index is 11.7. The molecule has 5 atom stereocenters. The van der Waals surface area contributed by atoms with E-state index in [1.807, 2.05) is 0 Å². The first-order valence-electron chi connectivity index (χ1n) is 7.31. The average Bonchev–Trinajstić information content (AvgIpc) is 2.86. The highest BCUT2D eigenvalue weighted by Crippen LogP contribution is 2.32. The van der Waals surface area contributed by atoms with E-state index in [1.165, 1.54) is 0 Å². The van der Waals surface area contributed by atoms with E-state index >= 15 is 0 Å². The molecule has 0 amide bonds. The largest absolute Gasteiger partial charge is 0.506 e. The Bertz CT molecular complexity index is 594. The molecule has 25 heavy (non-hydrogen) atoms. The van der Waals surface area contributed by atoms with Crippen LogP contribution in [0.4, 0.5) is 0 Å². The van der Waals surface area contributed by atoms with Crippen LogP contribution < -0.4 is 0 Å². The molecule has 0 aromatic rings. The SMILES string of the molecule is CC1(O)C(O)=C(COC2=C(O)C(C(O)CO)OC2=O)OC(CO)[C@H]1O. The van der Waals surface area contributed by atoms with Gasteiger partial charge in [0, 0.05) is 0 Å². The summed E-state index contributed by atoms with van der Waals surface area (Å²) in [5, 5.41) is 67.2. The quantitative estimate of drug-likeness (QED) is 0.243. The maximum absolute atomic E-state index is 11.7. The average molecular weight is 364 g/mol. The van der Waals surface area contributed by atoms with E-state index < -0.39 is 73.1 Å². The van der Waals surface area contributed by atoms with Gasteiger partial charge in [0.25, 0.3) is 0 Å². The van der Waals surface area contributed by atoms with Crippen molar-refractivity contribution >= 4 is 5.97 Å². The summed E-state index contributed by atoms with van der Waals surface area (Å²) in [5.74, 6) is -3.70. The molecule has 4 unspecified atom stereocenters. The number of aliphatic hydroxyl groups excluding tert-OH is 6. The molecule has 11 heteroatoms. The number of rotatable bonds is 6. The Kier molecular flexibility index (Phi) is 5.44. The van der Waals surface area contributed by atoms with E-state index in [4.69, 9.17) is 19.7 Å². The first-order valence-corrected chi connectivity index (χ1v) is 7.31. The van der Waals surface area contributed by atoms with Crippen molar-refractivity contribution in [3.05, 3.63) is 23.0 Å². The Balaban J connectivity index is 2.18. The lowest BCUT2D eigenvalue weighted by molar-refractivity contribution is -0.160. The van der Waals surface area contributed by atoms with Crippen LogP contribution in [-0.4, -0.2) is 91.6 Å². The number of aliphatic hydroxyl groups is 7. The Labute approximate surface area is 141 Å². The molecule has 0 saturated heterocycles. The summed E-state index contributed by atoms with van der Waals surface area (Å²) in [6.45, 7) is -1.01. The van der Waals surface area contributed by atoms with Crippen molar-refractivity contribution in [1.29, 1.82) is 0 Å². The lowest BCUT2D eigenvalue weighted by Crippen LogP contribution is -2.54. The molecule has 0 radical (unpaired) electrons. The van der Waals surface area contributed by atoms with Crippen molar-refractivity contribution in [3.8, 4) is 0 Å². The van der Waals surface area contributed by atoms with Crippen molar-refractivity contribution in [2.45, 2.75) is 36.9 Å². The Hall–Kier alpha value is -2.05. The summed E-state index contributed by atoms with van der Waals surface area (Å²) in [4.78, 5) is 11.7. The molecule has 0 saturated carbocycles. The third-order valence-electron chi connectivity index (χ3n) is 3.95. The summed E-state index contributed by atoms with van der Waals surface area (Å²) in [5.41, 5.74) is -2.13. The number of hydrogen-bond donors (Lipinski definition) is 7. The van der Waals surface area contributed by atoms with Gasteiger partial charge in [0.05, 0.1) is 13.2 Å². The van der Waals surface area contributed by atoms with Gasteiger partial charge >= 0.3 is 5.97 Å². The van der Waals surface area contributed by atoms with Gasteiger partial charge in [-0.1, -0.05) is 0 Å². The predicted molar refractivity (Wildman–Crippen MR) is 76.8 cm³/mol. The van der Waals surface area contributed by atoms with Crippen LogP contribution >= 0.6 is 0 Å². The highest BCUT2D eigenvalue weighted by atomic mass is 16.6. The Morgan fingerprint density at radius 3 is 2.48 bits per heavy atom. The third-order valence-corrected chi connectivity index (χ3v) is 3.95. The van der Waals surface area contributed by atoms with Gasteiger partial charge in [-0.2, -0.15) is 0 Å². The van der Waals surface area contributed by atoms with Crippen LogP contribution in [0.3, 0.4) is 0 Å².